The predicted molar refractivity (Wildman–Crippen MR) is 93.8 cm³/mol. The van der Waals surface area contributed by atoms with Crippen molar-refractivity contribution in [1.82, 2.24) is 10.2 Å². The Hall–Kier alpha value is -0.780. The van der Waals surface area contributed by atoms with Gasteiger partial charge in [-0.2, -0.15) is 11.8 Å². The van der Waals surface area contributed by atoms with E-state index in [9.17, 15) is 9.18 Å². The highest BCUT2D eigenvalue weighted by Gasteiger charge is 2.40. The van der Waals surface area contributed by atoms with Crippen LogP contribution in [0.4, 0.5) is 4.39 Å². The summed E-state index contributed by atoms with van der Waals surface area (Å²) in [5.74, 6) is 1.40. The van der Waals surface area contributed by atoms with E-state index in [1.54, 1.807) is 0 Å². The van der Waals surface area contributed by atoms with E-state index in [1.165, 1.54) is 31.0 Å². The van der Waals surface area contributed by atoms with Crippen LogP contribution in [0.2, 0.25) is 5.02 Å². The van der Waals surface area contributed by atoms with Crippen molar-refractivity contribution in [2.24, 2.45) is 0 Å². The Kier molecular flexibility index (Phi) is 5.49. The third-order valence-corrected chi connectivity index (χ3v) is 6.14. The number of carbonyl (C=O) groups is 1. The number of thioether (sulfide) groups is 1. The molecule has 0 unspecified atom stereocenters. The van der Waals surface area contributed by atoms with Crippen LogP contribution in [0.15, 0.2) is 18.2 Å². The Bertz CT molecular complexity index is 572. The molecule has 1 aromatic carbocycles. The summed E-state index contributed by atoms with van der Waals surface area (Å²) in [6, 6.07) is 4.09. The molecule has 2 aliphatic rings. The molecule has 1 heterocycles. The molecule has 126 valence electrons. The molecule has 23 heavy (non-hydrogen) atoms. The average Bonchev–Trinajstić information content (AvgIpc) is 3.06. The van der Waals surface area contributed by atoms with Gasteiger partial charge in [0.15, 0.2) is 0 Å². The smallest absolute Gasteiger partial charge is 0.254 e. The van der Waals surface area contributed by atoms with Gasteiger partial charge in [0.2, 0.25) is 0 Å². The molecule has 1 amide bonds. The van der Waals surface area contributed by atoms with Gasteiger partial charge in [-0.25, -0.2) is 4.39 Å². The molecule has 1 N–H and O–H groups in total. The van der Waals surface area contributed by atoms with Crippen LogP contribution in [0, 0.1) is 5.82 Å². The van der Waals surface area contributed by atoms with Crippen molar-refractivity contribution < 1.29 is 9.18 Å². The number of hydrogen-bond donors (Lipinski definition) is 1. The topological polar surface area (TPSA) is 32.3 Å². The summed E-state index contributed by atoms with van der Waals surface area (Å²) in [6.45, 7) is 2.74. The van der Waals surface area contributed by atoms with Crippen molar-refractivity contribution in [3.05, 3.63) is 34.6 Å². The summed E-state index contributed by atoms with van der Waals surface area (Å²) >= 11 is 7.87. The predicted octanol–water partition coefficient (Wildman–Crippen LogP) is 3.57. The Labute approximate surface area is 145 Å². The second kappa shape index (κ2) is 7.41. The third-order valence-electron chi connectivity index (χ3n) is 4.97. The van der Waals surface area contributed by atoms with Crippen LogP contribution in [0.5, 0.6) is 0 Å². The molecule has 0 radical (unpaired) electrons. The zero-order valence-electron chi connectivity index (χ0n) is 13.1. The molecule has 1 aliphatic heterocycles. The van der Waals surface area contributed by atoms with Crippen molar-refractivity contribution in [3.63, 3.8) is 0 Å². The van der Waals surface area contributed by atoms with Crippen LogP contribution in [0.25, 0.3) is 0 Å². The number of rotatable bonds is 4. The fourth-order valence-corrected chi connectivity index (χ4v) is 4.76. The lowest BCUT2D eigenvalue weighted by atomic mass is 9.94. The summed E-state index contributed by atoms with van der Waals surface area (Å²) in [5.41, 5.74) is 0.0749. The first-order valence-electron chi connectivity index (χ1n) is 8.17. The van der Waals surface area contributed by atoms with Gasteiger partial charge in [-0.15, -0.1) is 0 Å². The van der Waals surface area contributed by atoms with Crippen molar-refractivity contribution in [2.75, 3.05) is 31.1 Å². The first kappa shape index (κ1) is 17.1. The monoisotopic (exact) mass is 356 g/mol. The van der Waals surface area contributed by atoms with Crippen molar-refractivity contribution >= 4 is 29.3 Å². The summed E-state index contributed by atoms with van der Waals surface area (Å²) < 4.78 is 13.8. The highest BCUT2D eigenvalue weighted by atomic mass is 35.5. The van der Waals surface area contributed by atoms with E-state index < -0.39 is 5.82 Å². The van der Waals surface area contributed by atoms with Gasteiger partial charge in [-0.3, -0.25) is 9.69 Å². The normalized spacial score (nSPS) is 21.3. The average molecular weight is 357 g/mol. The SMILES string of the molecule is O=C(NCC1(N2CCSCC2)CCCC1)c1cc(Cl)ccc1F. The lowest BCUT2D eigenvalue weighted by molar-refractivity contribution is 0.0814. The van der Waals surface area contributed by atoms with Crippen LogP contribution in [-0.4, -0.2) is 47.5 Å². The molecule has 3 rings (SSSR count). The van der Waals surface area contributed by atoms with Gasteiger partial charge >= 0.3 is 0 Å². The van der Waals surface area contributed by atoms with Crippen LogP contribution in [-0.2, 0) is 0 Å². The maximum atomic E-state index is 13.8. The summed E-state index contributed by atoms with van der Waals surface area (Å²) in [5, 5.41) is 3.34. The van der Waals surface area contributed by atoms with Gasteiger partial charge in [0.05, 0.1) is 5.56 Å². The number of amides is 1. The Morgan fingerprint density at radius 1 is 1.30 bits per heavy atom. The molecular weight excluding hydrogens is 335 g/mol. The Morgan fingerprint density at radius 2 is 2.00 bits per heavy atom. The second-order valence-electron chi connectivity index (χ2n) is 6.34. The second-order valence-corrected chi connectivity index (χ2v) is 8.00. The zero-order chi connectivity index (χ0) is 16.3. The number of carbonyl (C=O) groups excluding carboxylic acids is 1. The summed E-state index contributed by atoms with van der Waals surface area (Å²) in [4.78, 5) is 14.9. The maximum Gasteiger partial charge on any atom is 0.254 e. The fraction of sp³-hybridized carbons (Fsp3) is 0.588. The molecule has 3 nitrogen and oxygen atoms in total. The van der Waals surface area contributed by atoms with E-state index in [0.717, 1.165) is 37.4 Å². The highest BCUT2D eigenvalue weighted by molar-refractivity contribution is 7.99. The lowest BCUT2D eigenvalue weighted by Gasteiger charge is -2.43. The molecule has 6 heteroatoms. The van der Waals surface area contributed by atoms with E-state index in [4.69, 9.17) is 11.6 Å². The minimum Gasteiger partial charge on any atom is -0.350 e. The van der Waals surface area contributed by atoms with E-state index in [1.807, 2.05) is 11.8 Å². The summed E-state index contributed by atoms with van der Waals surface area (Å²) in [7, 11) is 0. The van der Waals surface area contributed by atoms with Crippen LogP contribution < -0.4 is 5.32 Å². The molecule has 1 aliphatic carbocycles. The first-order valence-corrected chi connectivity index (χ1v) is 9.70. The van der Waals surface area contributed by atoms with Gasteiger partial charge in [0, 0.05) is 41.7 Å². The molecule has 2 fully saturated rings. The minimum absolute atomic E-state index is 0.0276. The molecule has 0 spiro atoms. The molecular formula is C17H22ClFN2OS. The fourth-order valence-electron chi connectivity index (χ4n) is 3.69. The quantitative estimate of drug-likeness (QED) is 0.895. The van der Waals surface area contributed by atoms with E-state index >= 15 is 0 Å². The zero-order valence-corrected chi connectivity index (χ0v) is 14.7. The first-order chi connectivity index (χ1) is 11.1. The van der Waals surface area contributed by atoms with Gasteiger partial charge in [0.25, 0.3) is 5.91 Å². The van der Waals surface area contributed by atoms with E-state index in [2.05, 4.69) is 10.2 Å². The van der Waals surface area contributed by atoms with Crippen LogP contribution in [0.3, 0.4) is 0 Å². The van der Waals surface area contributed by atoms with Crippen molar-refractivity contribution in [3.8, 4) is 0 Å². The molecule has 1 saturated carbocycles. The maximum absolute atomic E-state index is 13.8. The van der Waals surface area contributed by atoms with E-state index in [0.29, 0.717) is 11.6 Å². The van der Waals surface area contributed by atoms with Crippen LogP contribution in [0.1, 0.15) is 36.0 Å². The number of nitrogens with one attached hydrogen (secondary N) is 1. The van der Waals surface area contributed by atoms with Gasteiger partial charge < -0.3 is 5.32 Å². The van der Waals surface area contributed by atoms with Crippen molar-refractivity contribution in [2.45, 2.75) is 31.2 Å². The van der Waals surface area contributed by atoms with Gasteiger partial charge in [-0.1, -0.05) is 24.4 Å². The molecule has 0 atom stereocenters. The third kappa shape index (κ3) is 3.83. The molecule has 1 aromatic rings. The minimum atomic E-state index is -0.526. The number of nitrogens with zero attached hydrogens (tertiary/aromatic N) is 1. The molecule has 0 bridgehead atoms. The van der Waals surface area contributed by atoms with Crippen LogP contribution >= 0.6 is 23.4 Å². The molecule has 1 saturated heterocycles. The van der Waals surface area contributed by atoms with Crippen molar-refractivity contribution in [1.29, 1.82) is 0 Å². The van der Waals surface area contributed by atoms with Gasteiger partial charge in [-0.05, 0) is 31.0 Å². The standard InChI is InChI=1S/C17H22ClFN2OS/c18-13-3-4-15(19)14(11-13)16(22)20-12-17(5-1-2-6-17)21-7-9-23-10-8-21/h3-4,11H,1-2,5-10,12H2,(H,20,22). The Balaban J connectivity index is 1.69. The number of hydrogen-bond acceptors (Lipinski definition) is 3. The Morgan fingerprint density at radius 3 is 2.70 bits per heavy atom. The van der Waals surface area contributed by atoms with Gasteiger partial charge in [0.1, 0.15) is 5.82 Å². The largest absolute Gasteiger partial charge is 0.350 e. The highest BCUT2D eigenvalue weighted by Crippen LogP contribution is 2.36. The number of halogens is 2. The lowest BCUT2D eigenvalue weighted by Crippen LogP contribution is -2.56. The van der Waals surface area contributed by atoms with E-state index in [-0.39, 0.29) is 17.0 Å². The molecule has 0 aromatic heterocycles. The number of benzene rings is 1. The summed E-state index contributed by atoms with van der Waals surface area (Å²) in [6.07, 6.45) is 4.61.